The number of likely N-dealkylation sites (tertiary alicyclic amines) is 1. The van der Waals surface area contributed by atoms with Crippen LogP contribution in [0.4, 0.5) is 4.39 Å². The maximum Gasteiger partial charge on any atom is 0.223 e. The number of carbonyl (C=O) groups excluding carboxylic acids is 2. The number of piperidine rings is 1. The van der Waals surface area contributed by atoms with Crippen molar-refractivity contribution in [3.05, 3.63) is 35.6 Å². The van der Waals surface area contributed by atoms with Gasteiger partial charge in [-0.25, -0.2) is 4.39 Å². The molecular formula is C19H27FN2O3. The van der Waals surface area contributed by atoms with Gasteiger partial charge in [0.25, 0.3) is 0 Å². The van der Waals surface area contributed by atoms with E-state index in [0.717, 1.165) is 19.3 Å². The summed E-state index contributed by atoms with van der Waals surface area (Å²) in [6.07, 6.45) is 2.79. The van der Waals surface area contributed by atoms with E-state index in [2.05, 4.69) is 0 Å². The number of halogens is 1. The number of ether oxygens (including phenoxy) is 1. The second kappa shape index (κ2) is 9.63. The van der Waals surface area contributed by atoms with Crippen molar-refractivity contribution >= 4 is 11.7 Å². The second-order valence-electron chi connectivity index (χ2n) is 6.57. The molecule has 0 aromatic heterocycles. The summed E-state index contributed by atoms with van der Waals surface area (Å²) in [4.78, 5) is 26.6. The Labute approximate surface area is 148 Å². The molecule has 5 nitrogen and oxygen atoms in total. The molecule has 0 bridgehead atoms. The summed E-state index contributed by atoms with van der Waals surface area (Å²) in [6.45, 7) is 4.29. The molecule has 0 spiro atoms. The van der Waals surface area contributed by atoms with Gasteiger partial charge >= 0.3 is 0 Å². The van der Waals surface area contributed by atoms with Gasteiger partial charge in [-0.3, -0.25) is 9.59 Å². The van der Waals surface area contributed by atoms with Gasteiger partial charge in [0, 0.05) is 37.6 Å². The molecule has 0 aliphatic carbocycles. The average molecular weight is 350 g/mol. The smallest absolute Gasteiger partial charge is 0.223 e. The predicted octanol–water partition coefficient (Wildman–Crippen LogP) is 2.39. The molecular weight excluding hydrogens is 323 g/mol. The Kier molecular flexibility index (Phi) is 7.52. The molecule has 0 saturated carbocycles. The van der Waals surface area contributed by atoms with E-state index < -0.39 is 11.7 Å². The highest BCUT2D eigenvalue weighted by Crippen LogP contribution is 2.18. The fourth-order valence-corrected chi connectivity index (χ4v) is 3.02. The van der Waals surface area contributed by atoms with Crippen molar-refractivity contribution < 1.29 is 18.7 Å². The van der Waals surface area contributed by atoms with Gasteiger partial charge in [0.05, 0.1) is 6.10 Å². The van der Waals surface area contributed by atoms with Gasteiger partial charge in [-0.2, -0.15) is 0 Å². The number of amides is 1. The average Bonchev–Trinajstić information content (AvgIpc) is 2.61. The minimum Gasteiger partial charge on any atom is -0.378 e. The molecule has 6 heteroatoms. The molecule has 1 aliphatic heterocycles. The van der Waals surface area contributed by atoms with Crippen LogP contribution in [-0.2, 0) is 9.53 Å². The van der Waals surface area contributed by atoms with Crippen molar-refractivity contribution in [3.63, 3.8) is 0 Å². The Hall–Kier alpha value is -1.79. The predicted molar refractivity (Wildman–Crippen MR) is 93.7 cm³/mol. The van der Waals surface area contributed by atoms with Crippen LogP contribution in [0.5, 0.6) is 0 Å². The molecule has 1 aliphatic rings. The molecule has 2 rings (SSSR count). The molecule has 1 unspecified atom stereocenters. The molecule has 138 valence electrons. The summed E-state index contributed by atoms with van der Waals surface area (Å²) in [6, 6.07) is 5.60. The molecule has 1 aromatic rings. The van der Waals surface area contributed by atoms with Crippen LogP contribution in [0, 0.1) is 11.7 Å². The topological polar surface area (TPSA) is 72.6 Å². The van der Waals surface area contributed by atoms with Gasteiger partial charge in [-0.1, -0.05) is 19.1 Å². The highest BCUT2D eigenvalue weighted by Gasteiger charge is 2.26. The van der Waals surface area contributed by atoms with E-state index in [0.29, 0.717) is 31.8 Å². The maximum absolute atomic E-state index is 13.2. The largest absolute Gasteiger partial charge is 0.378 e. The van der Waals surface area contributed by atoms with Crippen LogP contribution in [0.1, 0.15) is 43.0 Å². The third-order valence-corrected chi connectivity index (χ3v) is 4.53. The fourth-order valence-electron chi connectivity index (χ4n) is 3.02. The first-order valence-electron chi connectivity index (χ1n) is 8.90. The minimum atomic E-state index is -0.465. The first-order chi connectivity index (χ1) is 12.0. The molecule has 1 heterocycles. The number of nitrogens with two attached hydrogens (primary N) is 1. The van der Waals surface area contributed by atoms with Crippen molar-refractivity contribution in [3.8, 4) is 0 Å². The van der Waals surface area contributed by atoms with Crippen molar-refractivity contribution in [2.75, 3.05) is 26.2 Å². The van der Waals surface area contributed by atoms with E-state index in [4.69, 9.17) is 10.5 Å². The van der Waals surface area contributed by atoms with Gasteiger partial charge < -0.3 is 15.4 Å². The van der Waals surface area contributed by atoms with Crippen molar-refractivity contribution in [1.29, 1.82) is 0 Å². The van der Waals surface area contributed by atoms with Gasteiger partial charge in [-0.15, -0.1) is 0 Å². The SMILES string of the molecule is CC(CC(=O)N1CCC(OCCCN)CC1)C(=O)c1cccc(F)c1. The molecule has 1 amide bonds. The van der Waals surface area contributed by atoms with Crippen LogP contribution in [0.2, 0.25) is 0 Å². The first kappa shape index (κ1) is 19.5. The Bertz CT molecular complexity index is 586. The molecule has 1 saturated heterocycles. The number of nitrogens with zero attached hydrogens (tertiary/aromatic N) is 1. The number of Topliss-reactive ketones (excluding diaryl/α,β-unsaturated/α-hetero) is 1. The van der Waals surface area contributed by atoms with E-state index in [1.807, 2.05) is 0 Å². The van der Waals surface area contributed by atoms with E-state index in [1.54, 1.807) is 17.9 Å². The summed E-state index contributed by atoms with van der Waals surface area (Å²) < 4.78 is 19.0. The third kappa shape index (κ3) is 5.90. The number of rotatable bonds is 8. The van der Waals surface area contributed by atoms with Crippen molar-refractivity contribution in [2.45, 2.75) is 38.7 Å². The molecule has 1 fully saturated rings. The Morgan fingerprint density at radius 1 is 1.36 bits per heavy atom. The lowest BCUT2D eigenvalue weighted by Crippen LogP contribution is -2.41. The van der Waals surface area contributed by atoms with E-state index in [1.165, 1.54) is 18.2 Å². The number of carbonyl (C=O) groups is 2. The Morgan fingerprint density at radius 3 is 2.72 bits per heavy atom. The molecule has 0 radical (unpaired) electrons. The third-order valence-electron chi connectivity index (χ3n) is 4.53. The van der Waals surface area contributed by atoms with E-state index in [-0.39, 0.29) is 24.2 Å². The summed E-state index contributed by atoms with van der Waals surface area (Å²) in [7, 11) is 0. The summed E-state index contributed by atoms with van der Waals surface area (Å²) in [5.41, 5.74) is 5.76. The Morgan fingerprint density at radius 2 is 2.08 bits per heavy atom. The normalized spacial score (nSPS) is 16.7. The zero-order valence-corrected chi connectivity index (χ0v) is 14.7. The molecule has 25 heavy (non-hydrogen) atoms. The van der Waals surface area contributed by atoms with Crippen LogP contribution in [0.25, 0.3) is 0 Å². The van der Waals surface area contributed by atoms with E-state index >= 15 is 0 Å². The monoisotopic (exact) mass is 350 g/mol. The van der Waals surface area contributed by atoms with Crippen LogP contribution in [0.3, 0.4) is 0 Å². The lowest BCUT2D eigenvalue weighted by atomic mass is 9.95. The number of hydrogen-bond acceptors (Lipinski definition) is 4. The summed E-state index contributed by atoms with van der Waals surface area (Å²) in [5, 5.41) is 0. The van der Waals surface area contributed by atoms with E-state index in [9.17, 15) is 14.0 Å². The highest BCUT2D eigenvalue weighted by molar-refractivity contribution is 5.99. The van der Waals surface area contributed by atoms with Crippen molar-refractivity contribution in [2.24, 2.45) is 11.7 Å². The lowest BCUT2D eigenvalue weighted by Gasteiger charge is -2.32. The fraction of sp³-hybridized carbons (Fsp3) is 0.579. The van der Waals surface area contributed by atoms with Crippen LogP contribution in [-0.4, -0.2) is 48.9 Å². The number of ketones is 1. The summed E-state index contributed by atoms with van der Waals surface area (Å²) >= 11 is 0. The van der Waals surface area contributed by atoms with Crippen LogP contribution < -0.4 is 5.73 Å². The highest BCUT2D eigenvalue weighted by atomic mass is 19.1. The van der Waals surface area contributed by atoms with Gasteiger partial charge in [0.1, 0.15) is 5.82 Å². The molecule has 1 aromatic carbocycles. The number of hydrogen-bond donors (Lipinski definition) is 1. The van der Waals surface area contributed by atoms with Gasteiger partial charge in [-0.05, 0) is 37.9 Å². The first-order valence-corrected chi connectivity index (χ1v) is 8.90. The van der Waals surface area contributed by atoms with Crippen LogP contribution in [0.15, 0.2) is 24.3 Å². The molecule has 2 N–H and O–H groups in total. The maximum atomic E-state index is 13.2. The van der Waals surface area contributed by atoms with Crippen molar-refractivity contribution in [1.82, 2.24) is 4.90 Å². The lowest BCUT2D eigenvalue weighted by molar-refractivity contribution is -0.134. The minimum absolute atomic E-state index is 0.0299. The standard InChI is InChI=1S/C19H27FN2O3/c1-14(19(24)15-4-2-5-16(20)13-15)12-18(23)22-9-6-17(7-10-22)25-11-3-8-21/h2,4-5,13-14,17H,3,6-12,21H2,1H3. The second-order valence-corrected chi connectivity index (χ2v) is 6.57. The van der Waals surface area contributed by atoms with Gasteiger partial charge in [0.2, 0.25) is 5.91 Å². The quantitative estimate of drug-likeness (QED) is 0.577. The summed E-state index contributed by atoms with van der Waals surface area (Å²) in [5.74, 6) is -1.14. The zero-order chi connectivity index (χ0) is 18.2. The zero-order valence-electron chi connectivity index (χ0n) is 14.7. The number of benzene rings is 1. The molecule has 1 atom stereocenters. The van der Waals surface area contributed by atoms with Crippen LogP contribution >= 0.6 is 0 Å². The van der Waals surface area contributed by atoms with Gasteiger partial charge in [0.15, 0.2) is 5.78 Å². The Balaban J connectivity index is 1.79.